The van der Waals surface area contributed by atoms with Gasteiger partial charge >= 0.3 is 0 Å². The van der Waals surface area contributed by atoms with Crippen molar-refractivity contribution in [1.82, 2.24) is 9.55 Å². The number of halogens is 2. The van der Waals surface area contributed by atoms with Crippen LogP contribution in [0, 0.1) is 11.6 Å². The molecular weight excluding hydrogens is 216 g/mol. The van der Waals surface area contributed by atoms with E-state index in [9.17, 15) is 13.6 Å². The number of aromatic nitrogens is 2. The third-order valence-corrected chi connectivity index (χ3v) is 2.11. The first-order chi connectivity index (χ1) is 7.61. The lowest BCUT2D eigenvalue weighted by molar-refractivity contribution is 0.0995. The molecule has 1 amide bonds. The highest BCUT2D eigenvalue weighted by Crippen LogP contribution is 2.19. The fraction of sp³-hybridized carbons (Fsp3) is 0. The minimum atomic E-state index is -1.25. The Balaban J connectivity index is 2.60. The van der Waals surface area contributed by atoms with E-state index in [0.717, 1.165) is 6.07 Å². The molecule has 6 heteroatoms. The molecule has 0 aliphatic rings. The zero-order valence-electron chi connectivity index (χ0n) is 8.02. The Morgan fingerprint density at radius 3 is 2.62 bits per heavy atom. The molecule has 1 aromatic carbocycles. The van der Waals surface area contributed by atoms with Gasteiger partial charge in [0, 0.05) is 12.4 Å². The second kappa shape index (κ2) is 3.73. The maximum Gasteiger partial charge on any atom is 0.251 e. The van der Waals surface area contributed by atoms with E-state index in [4.69, 9.17) is 5.73 Å². The average molecular weight is 223 g/mol. The molecule has 0 aliphatic heterocycles. The topological polar surface area (TPSA) is 60.9 Å². The Bertz CT molecular complexity index is 537. The van der Waals surface area contributed by atoms with Crippen molar-refractivity contribution in [3.63, 3.8) is 0 Å². The first-order valence-corrected chi connectivity index (χ1v) is 4.37. The van der Waals surface area contributed by atoms with Crippen LogP contribution in [0.15, 0.2) is 30.9 Å². The van der Waals surface area contributed by atoms with Gasteiger partial charge in [0.25, 0.3) is 5.91 Å². The smallest absolute Gasteiger partial charge is 0.251 e. The molecule has 0 saturated carbocycles. The molecule has 4 nitrogen and oxygen atoms in total. The standard InChI is InChI=1S/C10H7F2N3O/c11-8-6(10(13)16)1-2-7(9(8)12)15-4-3-14-5-15/h1-5H,(H2,13,16). The second-order valence-electron chi connectivity index (χ2n) is 3.09. The van der Waals surface area contributed by atoms with E-state index < -0.39 is 23.1 Å². The van der Waals surface area contributed by atoms with Gasteiger partial charge in [0.15, 0.2) is 11.6 Å². The van der Waals surface area contributed by atoms with Crippen LogP contribution in [0.25, 0.3) is 5.69 Å². The molecule has 0 radical (unpaired) electrons. The van der Waals surface area contributed by atoms with E-state index in [2.05, 4.69) is 4.98 Å². The average Bonchev–Trinajstić information content (AvgIpc) is 2.74. The summed E-state index contributed by atoms with van der Waals surface area (Å²) in [4.78, 5) is 14.5. The largest absolute Gasteiger partial charge is 0.366 e. The summed E-state index contributed by atoms with van der Waals surface area (Å²) in [6, 6.07) is 2.40. The Hall–Kier alpha value is -2.24. The molecule has 16 heavy (non-hydrogen) atoms. The van der Waals surface area contributed by atoms with Crippen LogP contribution in [0.4, 0.5) is 8.78 Å². The number of nitrogens with two attached hydrogens (primary N) is 1. The predicted octanol–water partition coefficient (Wildman–Crippen LogP) is 1.25. The van der Waals surface area contributed by atoms with Gasteiger partial charge in [0.1, 0.15) is 0 Å². The summed E-state index contributed by atoms with van der Waals surface area (Å²) in [5, 5.41) is 0. The van der Waals surface area contributed by atoms with Crippen molar-refractivity contribution in [2.45, 2.75) is 0 Å². The Labute approximate surface area is 89.3 Å². The number of imidazole rings is 1. The lowest BCUT2D eigenvalue weighted by Crippen LogP contribution is -2.15. The van der Waals surface area contributed by atoms with Crippen LogP contribution in [0.2, 0.25) is 0 Å². The number of amides is 1. The van der Waals surface area contributed by atoms with Gasteiger partial charge in [-0.3, -0.25) is 4.79 Å². The fourth-order valence-corrected chi connectivity index (χ4v) is 1.33. The maximum absolute atomic E-state index is 13.6. The molecule has 2 aromatic rings. The zero-order chi connectivity index (χ0) is 11.7. The monoisotopic (exact) mass is 223 g/mol. The molecule has 0 spiro atoms. The van der Waals surface area contributed by atoms with Crippen LogP contribution < -0.4 is 5.73 Å². The lowest BCUT2D eigenvalue weighted by atomic mass is 10.1. The highest BCUT2D eigenvalue weighted by molar-refractivity contribution is 5.93. The number of carbonyl (C=O) groups excluding carboxylic acids is 1. The maximum atomic E-state index is 13.6. The number of nitrogens with zero attached hydrogens (tertiary/aromatic N) is 2. The van der Waals surface area contributed by atoms with E-state index in [1.54, 1.807) is 0 Å². The molecule has 1 heterocycles. The number of primary amides is 1. The van der Waals surface area contributed by atoms with Crippen molar-refractivity contribution in [3.8, 4) is 5.69 Å². The summed E-state index contributed by atoms with van der Waals surface area (Å²) in [6.45, 7) is 0. The van der Waals surface area contributed by atoms with Gasteiger partial charge in [0.05, 0.1) is 17.6 Å². The molecule has 82 valence electrons. The van der Waals surface area contributed by atoms with Gasteiger partial charge in [-0.2, -0.15) is 0 Å². The first-order valence-electron chi connectivity index (χ1n) is 4.37. The summed E-state index contributed by atoms with van der Waals surface area (Å²) in [6.07, 6.45) is 4.21. The Morgan fingerprint density at radius 2 is 2.06 bits per heavy atom. The Morgan fingerprint density at radius 1 is 1.31 bits per heavy atom. The van der Waals surface area contributed by atoms with Crippen molar-refractivity contribution >= 4 is 5.91 Å². The lowest BCUT2D eigenvalue weighted by Gasteiger charge is -2.06. The molecule has 0 saturated heterocycles. The van der Waals surface area contributed by atoms with E-state index in [-0.39, 0.29) is 5.69 Å². The van der Waals surface area contributed by atoms with Gasteiger partial charge in [0.2, 0.25) is 0 Å². The van der Waals surface area contributed by atoms with Crippen LogP contribution in [-0.4, -0.2) is 15.5 Å². The SMILES string of the molecule is NC(=O)c1ccc(-n2ccnc2)c(F)c1F. The third-order valence-electron chi connectivity index (χ3n) is 2.11. The molecule has 0 bridgehead atoms. The van der Waals surface area contributed by atoms with Crippen LogP contribution >= 0.6 is 0 Å². The molecule has 1 aromatic heterocycles. The molecule has 0 unspecified atom stereocenters. The summed E-state index contributed by atoms with van der Waals surface area (Å²) in [5.74, 6) is -3.39. The summed E-state index contributed by atoms with van der Waals surface area (Å²) < 4.78 is 28.2. The van der Waals surface area contributed by atoms with Gasteiger partial charge in [-0.15, -0.1) is 0 Å². The number of hydrogen-bond donors (Lipinski definition) is 1. The molecule has 0 fully saturated rings. The van der Waals surface area contributed by atoms with Crippen molar-refractivity contribution in [3.05, 3.63) is 48.1 Å². The first kappa shape index (κ1) is 10.3. The van der Waals surface area contributed by atoms with Crippen LogP contribution in [0.3, 0.4) is 0 Å². The number of carbonyl (C=O) groups is 1. The second-order valence-corrected chi connectivity index (χ2v) is 3.09. The van der Waals surface area contributed by atoms with Gasteiger partial charge in [-0.25, -0.2) is 13.8 Å². The molecule has 0 aliphatic carbocycles. The fourth-order valence-electron chi connectivity index (χ4n) is 1.33. The number of rotatable bonds is 2. The van der Waals surface area contributed by atoms with E-state index >= 15 is 0 Å². The minimum Gasteiger partial charge on any atom is -0.366 e. The highest BCUT2D eigenvalue weighted by Gasteiger charge is 2.17. The summed E-state index contributed by atoms with van der Waals surface area (Å²) in [7, 11) is 0. The predicted molar refractivity (Wildman–Crippen MR) is 52.0 cm³/mol. The number of benzene rings is 1. The van der Waals surface area contributed by atoms with E-state index in [1.165, 1.54) is 29.4 Å². The quantitative estimate of drug-likeness (QED) is 0.832. The Kier molecular flexibility index (Phi) is 2.40. The van der Waals surface area contributed by atoms with Crippen molar-refractivity contribution in [2.75, 3.05) is 0 Å². The van der Waals surface area contributed by atoms with E-state index in [1.807, 2.05) is 0 Å². The summed E-state index contributed by atoms with van der Waals surface area (Å²) in [5.41, 5.74) is 4.39. The molecule has 2 N–H and O–H groups in total. The van der Waals surface area contributed by atoms with Crippen LogP contribution in [-0.2, 0) is 0 Å². The van der Waals surface area contributed by atoms with Crippen LogP contribution in [0.5, 0.6) is 0 Å². The zero-order valence-corrected chi connectivity index (χ0v) is 8.02. The van der Waals surface area contributed by atoms with Crippen molar-refractivity contribution < 1.29 is 13.6 Å². The number of hydrogen-bond acceptors (Lipinski definition) is 2. The summed E-state index contributed by atoms with van der Waals surface area (Å²) >= 11 is 0. The normalized spacial score (nSPS) is 10.4. The van der Waals surface area contributed by atoms with Crippen molar-refractivity contribution in [1.29, 1.82) is 0 Å². The molecule has 2 rings (SSSR count). The van der Waals surface area contributed by atoms with Gasteiger partial charge in [-0.1, -0.05) is 0 Å². The van der Waals surface area contributed by atoms with E-state index in [0.29, 0.717) is 0 Å². The minimum absolute atomic E-state index is 0.0278. The van der Waals surface area contributed by atoms with Gasteiger partial charge in [-0.05, 0) is 12.1 Å². The molecule has 0 atom stereocenters. The third kappa shape index (κ3) is 1.54. The van der Waals surface area contributed by atoms with Crippen LogP contribution in [0.1, 0.15) is 10.4 Å². The molecular formula is C10H7F2N3O. The van der Waals surface area contributed by atoms with Gasteiger partial charge < -0.3 is 10.3 Å². The van der Waals surface area contributed by atoms with Crippen molar-refractivity contribution in [2.24, 2.45) is 5.73 Å². The highest BCUT2D eigenvalue weighted by atomic mass is 19.2.